The van der Waals surface area contributed by atoms with Crippen LogP contribution in [-0.2, 0) is 17.6 Å². The van der Waals surface area contributed by atoms with Gasteiger partial charge < -0.3 is 9.47 Å². The van der Waals surface area contributed by atoms with E-state index in [1.54, 1.807) is 32.4 Å². The molecule has 2 amide bonds. The van der Waals surface area contributed by atoms with Crippen molar-refractivity contribution in [2.45, 2.75) is 38.5 Å². The van der Waals surface area contributed by atoms with Crippen LogP contribution in [0.1, 0.15) is 51.4 Å². The molecule has 0 aliphatic heterocycles. The number of hydrogen-bond donors (Lipinski definition) is 2. The van der Waals surface area contributed by atoms with Crippen molar-refractivity contribution in [3.05, 3.63) is 51.2 Å². The number of carbonyl (C=O) groups is 2. The first-order chi connectivity index (χ1) is 14.1. The minimum atomic E-state index is -0.414. The Balaban J connectivity index is 1.56. The van der Waals surface area contributed by atoms with Crippen LogP contribution in [0.15, 0.2) is 30.3 Å². The molecule has 0 bridgehead atoms. The number of fused-ring (bicyclic) bond motifs is 1. The van der Waals surface area contributed by atoms with Gasteiger partial charge in [-0.3, -0.25) is 20.4 Å². The van der Waals surface area contributed by atoms with Gasteiger partial charge in [0.2, 0.25) is 0 Å². The SMILES string of the molecule is COc1ccc(/C=C/C(=O)NNC(=O)c2cc3c(s2)CCCCCC3)cc1OC. The normalized spacial score (nSPS) is 13.9. The third kappa shape index (κ3) is 5.60. The van der Waals surface area contributed by atoms with Crippen molar-refractivity contribution in [1.29, 1.82) is 0 Å². The summed E-state index contributed by atoms with van der Waals surface area (Å²) >= 11 is 1.53. The molecule has 1 aromatic carbocycles. The lowest BCUT2D eigenvalue weighted by atomic mass is 10.00. The molecule has 3 rings (SSSR count). The lowest BCUT2D eigenvalue weighted by Gasteiger charge is -2.07. The molecule has 1 aliphatic rings. The van der Waals surface area contributed by atoms with Gasteiger partial charge in [0.15, 0.2) is 11.5 Å². The van der Waals surface area contributed by atoms with Crippen molar-refractivity contribution < 1.29 is 19.1 Å². The Kier molecular flexibility index (Phi) is 7.30. The Morgan fingerprint density at radius 3 is 2.48 bits per heavy atom. The van der Waals surface area contributed by atoms with Crippen LogP contribution in [0.2, 0.25) is 0 Å². The molecule has 1 aromatic heterocycles. The Labute approximate surface area is 174 Å². The molecule has 1 heterocycles. The number of ether oxygens (including phenoxy) is 2. The summed E-state index contributed by atoms with van der Waals surface area (Å²) in [4.78, 5) is 26.4. The Morgan fingerprint density at radius 2 is 1.72 bits per heavy atom. The number of aryl methyl sites for hydroxylation is 2. The van der Waals surface area contributed by atoms with E-state index in [1.807, 2.05) is 12.1 Å². The third-order valence-corrected chi connectivity index (χ3v) is 6.09. The summed E-state index contributed by atoms with van der Waals surface area (Å²) in [6.07, 6.45) is 9.90. The first-order valence-electron chi connectivity index (χ1n) is 9.72. The molecular weight excluding hydrogens is 388 g/mol. The number of hydrazine groups is 1. The van der Waals surface area contributed by atoms with Crippen molar-refractivity contribution in [1.82, 2.24) is 10.9 Å². The molecule has 154 valence electrons. The smallest absolute Gasteiger partial charge is 0.279 e. The summed E-state index contributed by atoms with van der Waals surface area (Å²) in [5.41, 5.74) is 6.98. The molecule has 0 atom stereocenters. The van der Waals surface area contributed by atoms with E-state index in [4.69, 9.17) is 9.47 Å². The number of amides is 2. The number of nitrogens with one attached hydrogen (secondary N) is 2. The van der Waals surface area contributed by atoms with Gasteiger partial charge in [-0.05, 0) is 61.1 Å². The molecule has 2 N–H and O–H groups in total. The molecular formula is C22H26N2O4S. The van der Waals surface area contributed by atoms with Gasteiger partial charge in [-0.2, -0.15) is 0 Å². The van der Waals surface area contributed by atoms with Crippen LogP contribution in [0.25, 0.3) is 6.08 Å². The summed E-state index contributed by atoms with van der Waals surface area (Å²) in [5.74, 6) is 0.501. The monoisotopic (exact) mass is 414 g/mol. The quantitative estimate of drug-likeness (QED) is 0.575. The minimum Gasteiger partial charge on any atom is -0.493 e. The molecule has 29 heavy (non-hydrogen) atoms. The predicted molar refractivity (Wildman–Crippen MR) is 114 cm³/mol. The largest absolute Gasteiger partial charge is 0.493 e. The second kappa shape index (κ2) is 10.1. The zero-order valence-electron chi connectivity index (χ0n) is 16.7. The van der Waals surface area contributed by atoms with Gasteiger partial charge in [0.1, 0.15) is 0 Å². The molecule has 6 nitrogen and oxygen atoms in total. The van der Waals surface area contributed by atoms with Crippen LogP contribution in [-0.4, -0.2) is 26.0 Å². The van der Waals surface area contributed by atoms with Gasteiger partial charge >= 0.3 is 0 Å². The average Bonchev–Trinajstić information content (AvgIpc) is 3.12. The Morgan fingerprint density at radius 1 is 0.966 bits per heavy atom. The second-order valence-corrected chi connectivity index (χ2v) is 8.00. The molecule has 0 radical (unpaired) electrons. The van der Waals surface area contributed by atoms with E-state index < -0.39 is 5.91 Å². The van der Waals surface area contributed by atoms with Gasteiger partial charge in [-0.15, -0.1) is 11.3 Å². The van der Waals surface area contributed by atoms with E-state index >= 15 is 0 Å². The highest BCUT2D eigenvalue weighted by atomic mass is 32.1. The molecule has 0 fully saturated rings. The number of carbonyl (C=O) groups excluding carboxylic acids is 2. The highest BCUT2D eigenvalue weighted by Crippen LogP contribution is 2.29. The predicted octanol–water partition coefficient (Wildman–Crippen LogP) is 3.90. The average molecular weight is 415 g/mol. The first-order valence-corrected chi connectivity index (χ1v) is 10.5. The molecule has 0 spiro atoms. The van der Waals surface area contributed by atoms with Crippen LogP contribution in [0.5, 0.6) is 11.5 Å². The minimum absolute atomic E-state index is 0.283. The second-order valence-electron chi connectivity index (χ2n) is 6.86. The van der Waals surface area contributed by atoms with Gasteiger partial charge in [0.05, 0.1) is 19.1 Å². The molecule has 0 saturated carbocycles. The van der Waals surface area contributed by atoms with Crippen LogP contribution in [0.4, 0.5) is 0 Å². The molecule has 0 unspecified atom stereocenters. The fourth-order valence-corrected chi connectivity index (χ4v) is 4.45. The van der Waals surface area contributed by atoms with E-state index in [9.17, 15) is 9.59 Å². The van der Waals surface area contributed by atoms with E-state index in [0.29, 0.717) is 16.4 Å². The first kappa shape index (κ1) is 20.9. The lowest BCUT2D eigenvalue weighted by Crippen LogP contribution is -2.40. The van der Waals surface area contributed by atoms with Gasteiger partial charge in [-0.1, -0.05) is 18.9 Å². The van der Waals surface area contributed by atoms with Crippen molar-refractivity contribution in [2.75, 3.05) is 14.2 Å². The molecule has 7 heteroatoms. The van der Waals surface area contributed by atoms with E-state index in [2.05, 4.69) is 10.9 Å². The maximum Gasteiger partial charge on any atom is 0.279 e. The highest BCUT2D eigenvalue weighted by Gasteiger charge is 2.16. The maximum absolute atomic E-state index is 12.4. The van der Waals surface area contributed by atoms with Crippen LogP contribution in [0.3, 0.4) is 0 Å². The van der Waals surface area contributed by atoms with Crippen molar-refractivity contribution in [3.8, 4) is 11.5 Å². The number of hydrogen-bond acceptors (Lipinski definition) is 5. The zero-order chi connectivity index (χ0) is 20.6. The van der Waals surface area contributed by atoms with Crippen molar-refractivity contribution in [3.63, 3.8) is 0 Å². The molecule has 1 aliphatic carbocycles. The summed E-state index contributed by atoms with van der Waals surface area (Å²) in [6.45, 7) is 0. The van der Waals surface area contributed by atoms with E-state index in [0.717, 1.165) is 18.4 Å². The Bertz CT molecular complexity index is 879. The van der Waals surface area contributed by atoms with Crippen LogP contribution >= 0.6 is 11.3 Å². The van der Waals surface area contributed by atoms with Crippen molar-refractivity contribution in [2.24, 2.45) is 0 Å². The van der Waals surface area contributed by atoms with Gasteiger partial charge in [0, 0.05) is 11.0 Å². The number of methoxy groups -OCH3 is 2. The zero-order valence-corrected chi connectivity index (χ0v) is 17.6. The van der Waals surface area contributed by atoms with E-state index in [-0.39, 0.29) is 5.91 Å². The third-order valence-electron chi connectivity index (χ3n) is 4.85. The van der Waals surface area contributed by atoms with Crippen LogP contribution in [0, 0.1) is 0 Å². The standard InChI is InChI=1S/C22H26N2O4S/c1-27-17-11-9-15(13-18(17)28-2)10-12-21(25)23-24-22(26)20-14-16-7-5-3-4-6-8-19(16)29-20/h9-14H,3-8H2,1-2H3,(H,23,25)(H,24,26)/b12-10+. The summed E-state index contributed by atoms with van der Waals surface area (Å²) in [7, 11) is 3.12. The highest BCUT2D eigenvalue weighted by molar-refractivity contribution is 7.14. The summed E-state index contributed by atoms with van der Waals surface area (Å²) < 4.78 is 10.4. The maximum atomic E-state index is 12.4. The van der Waals surface area contributed by atoms with Crippen molar-refractivity contribution >= 4 is 29.2 Å². The van der Waals surface area contributed by atoms with Crippen LogP contribution < -0.4 is 20.3 Å². The molecule has 2 aromatic rings. The van der Waals surface area contributed by atoms with Gasteiger partial charge in [0.25, 0.3) is 11.8 Å². The number of rotatable bonds is 5. The van der Waals surface area contributed by atoms with E-state index in [1.165, 1.54) is 53.5 Å². The fraction of sp³-hybridized carbons (Fsp3) is 0.364. The topological polar surface area (TPSA) is 76.7 Å². The molecule has 0 saturated heterocycles. The number of benzene rings is 1. The summed E-state index contributed by atoms with van der Waals surface area (Å²) in [5, 5.41) is 0. The fourth-order valence-electron chi connectivity index (χ4n) is 3.31. The van der Waals surface area contributed by atoms with Gasteiger partial charge in [-0.25, -0.2) is 0 Å². The Hall–Kier alpha value is -2.80. The number of thiophene rings is 1. The lowest BCUT2D eigenvalue weighted by molar-refractivity contribution is -0.117. The summed E-state index contributed by atoms with van der Waals surface area (Å²) in [6, 6.07) is 7.31.